The van der Waals surface area contributed by atoms with Gasteiger partial charge >= 0.3 is 6.09 Å². The molecular formula is C14H28N4O2. The SMILES string of the molecule is CN1CC(CNC(=O)OC(C)(C)C)(N2CCNCC2)C1. The summed E-state index contributed by atoms with van der Waals surface area (Å²) in [4.78, 5) is 16.6. The fourth-order valence-electron chi connectivity index (χ4n) is 3.07. The number of nitrogens with zero attached hydrogens (tertiary/aromatic N) is 2. The van der Waals surface area contributed by atoms with Gasteiger partial charge in [0.25, 0.3) is 0 Å². The molecule has 2 saturated heterocycles. The quantitative estimate of drug-likeness (QED) is 0.770. The number of amides is 1. The highest BCUT2D eigenvalue weighted by atomic mass is 16.6. The lowest BCUT2D eigenvalue weighted by Crippen LogP contribution is -2.75. The molecule has 2 aliphatic heterocycles. The van der Waals surface area contributed by atoms with Gasteiger partial charge in [-0.25, -0.2) is 4.79 Å². The Morgan fingerprint density at radius 2 is 1.90 bits per heavy atom. The van der Waals surface area contributed by atoms with Gasteiger partial charge in [0.15, 0.2) is 0 Å². The molecule has 0 unspecified atom stereocenters. The number of likely N-dealkylation sites (N-methyl/N-ethyl adjacent to an activating group) is 1. The van der Waals surface area contributed by atoms with Crippen LogP contribution in [0.2, 0.25) is 0 Å². The third-order valence-corrected chi connectivity index (χ3v) is 3.88. The molecule has 0 aromatic heterocycles. The second-order valence-corrected chi connectivity index (χ2v) is 6.99. The first kappa shape index (κ1) is 15.5. The number of carbonyl (C=O) groups excluding carboxylic acids is 1. The van der Waals surface area contributed by atoms with Gasteiger partial charge in [0.2, 0.25) is 0 Å². The second-order valence-electron chi connectivity index (χ2n) is 6.99. The molecule has 0 radical (unpaired) electrons. The third-order valence-electron chi connectivity index (χ3n) is 3.88. The van der Waals surface area contributed by atoms with Crippen LogP contribution in [0, 0.1) is 0 Å². The average Bonchev–Trinajstić information content (AvgIpc) is 2.32. The zero-order valence-corrected chi connectivity index (χ0v) is 13.2. The zero-order chi connectivity index (χ0) is 14.8. The maximum atomic E-state index is 11.8. The van der Waals surface area contributed by atoms with Crippen LogP contribution < -0.4 is 10.6 Å². The highest BCUT2D eigenvalue weighted by molar-refractivity contribution is 5.67. The van der Waals surface area contributed by atoms with Crippen LogP contribution in [-0.4, -0.2) is 79.9 Å². The summed E-state index contributed by atoms with van der Waals surface area (Å²) < 4.78 is 5.32. The van der Waals surface area contributed by atoms with Crippen molar-refractivity contribution in [2.45, 2.75) is 31.9 Å². The molecule has 0 bridgehead atoms. The van der Waals surface area contributed by atoms with Gasteiger partial charge < -0.3 is 20.3 Å². The van der Waals surface area contributed by atoms with Crippen molar-refractivity contribution in [2.24, 2.45) is 0 Å². The van der Waals surface area contributed by atoms with Gasteiger partial charge in [0.05, 0.1) is 5.54 Å². The van der Waals surface area contributed by atoms with E-state index in [-0.39, 0.29) is 11.6 Å². The molecule has 0 aromatic carbocycles. The third kappa shape index (κ3) is 3.84. The van der Waals surface area contributed by atoms with Gasteiger partial charge in [0.1, 0.15) is 5.60 Å². The van der Waals surface area contributed by atoms with Crippen LogP contribution in [0.3, 0.4) is 0 Å². The normalized spacial score (nSPS) is 24.0. The first-order valence-electron chi connectivity index (χ1n) is 7.42. The molecule has 0 aromatic rings. The lowest BCUT2D eigenvalue weighted by Gasteiger charge is -2.56. The minimum atomic E-state index is -0.442. The number of hydrogen-bond acceptors (Lipinski definition) is 5. The number of nitrogens with one attached hydrogen (secondary N) is 2. The van der Waals surface area contributed by atoms with E-state index in [4.69, 9.17) is 4.74 Å². The zero-order valence-electron chi connectivity index (χ0n) is 13.2. The van der Waals surface area contributed by atoms with Gasteiger partial charge in [0, 0.05) is 45.8 Å². The first-order chi connectivity index (χ1) is 9.31. The van der Waals surface area contributed by atoms with Gasteiger partial charge in [-0.1, -0.05) is 0 Å². The van der Waals surface area contributed by atoms with Crippen LogP contribution in [0.1, 0.15) is 20.8 Å². The average molecular weight is 284 g/mol. The van der Waals surface area contributed by atoms with E-state index in [0.717, 1.165) is 39.3 Å². The Bertz CT molecular complexity index is 342. The Hall–Kier alpha value is -0.850. The van der Waals surface area contributed by atoms with E-state index in [1.54, 1.807) is 0 Å². The fourth-order valence-corrected chi connectivity index (χ4v) is 3.07. The minimum absolute atomic E-state index is 0.0771. The summed E-state index contributed by atoms with van der Waals surface area (Å²) in [5.74, 6) is 0. The smallest absolute Gasteiger partial charge is 0.407 e. The Balaban J connectivity index is 1.88. The molecule has 0 aliphatic carbocycles. The molecular weight excluding hydrogens is 256 g/mol. The van der Waals surface area contributed by atoms with Crippen molar-refractivity contribution in [1.29, 1.82) is 0 Å². The van der Waals surface area contributed by atoms with Crippen molar-refractivity contribution in [3.63, 3.8) is 0 Å². The monoisotopic (exact) mass is 284 g/mol. The molecule has 1 amide bonds. The maximum absolute atomic E-state index is 11.8. The topological polar surface area (TPSA) is 56.8 Å². The number of alkyl carbamates (subject to hydrolysis) is 1. The van der Waals surface area contributed by atoms with Crippen molar-refractivity contribution in [3.05, 3.63) is 0 Å². The molecule has 0 atom stereocenters. The maximum Gasteiger partial charge on any atom is 0.407 e. The largest absolute Gasteiger partial charge is 0.444 e. The lowest BCUT2D eigenvalue weighted by atomic mass is 9.87. The fraction of sp³-hybridized carbons (Fsp3) is 0.929. The van der Waals surface area contributed by atoms with E-state index < -0.39 is 5.60 Å². The predicted molar refractivity (Wildman–Crippen MR) is 78.9 cm³/mol. The Morgan fingerprint density at radius 1 is 1.30 bits per heavy atom. The number of rotatable bonds is 3. The highest BCUT2D eigenvalue weighted by Crippen LogP contribution is 2.26. The van der Waals surface area contributed by atoms with E-state index in [1.807, 2.05) is 20.8 Å². The summed E-state index contributed by atoms with van der Waals surface area (Å²) in [6.07, 6.45) is -0.318. The molecule has 0 spiro atoms. The van der Waals surface area contributed by atoms with Crippen molar-refractivity contribution < 1.29 is 9.53 Å². The summed E-state index contributed by atoms with van der Waals surface area (Å²) >= 11 is 0. The number of likely N-dealkylation sites (tertiary alicyclic amines) is 1. The molecule has 2 N–H and O–H groups in total. The summed E-state index contributed by atoms with van der Waals surface area (Å²) in [5.41, 5.74) is -0.365. The molecule has 20 heavy (non-hydrogen) atoms. The van der Waals surface area contributed by atoms with E-state index in [9.17, 15) is 4.79 Å². The number of ether oxygens (including phenoxy) is 1. The molecule has 2 fully saturated rings. The van der Waals surface area contributed by atoms with Crippen LogP contribution in [-0.2, 0) is 4.74 Å². The molecule has 116 valence electrons. The van der Waals surface area contributed by atoms with E-state index in [1.165, 1.54) is 0 Å². The van der Waals surface area contributed by atoms with Gasteiger partial charge in [-0.3, -0.25) is 4.90 Å². The van der Waals surface area contributed by atoms with Gasteiger partial charge in [-0.2, -0.15) is 0 Å². The number of hydrogen-bond donors (Lipinski definition) is 2. The first-order valence-corrected chi connectivity index (χ1v) is 7.42. The second kappa shape index (κ2) is 5.87. The lowest BCUT2D eigenvalue weighted by molar-refractivity contribution is -0.0473. The molecule has 2 aliphatic rings. The van der Waals surface area contributed by atoms with Crippen LogP contribution >= 0.6 is 0 Å². The molecule has 2 rings (SSSR count). The summed E-state index contributed by atoms with van der Waals surface area (Å²) in [6, 6.07) is 0. The summed E-state index contributed by atoms with van der Waals surface area (Å²) in [6.45, 7) is 12.5. The van der Waals surface area contributed by atoms with Crippen LogP contribution in [0.15, 0.2) is 0 Å². The van der Waals surface area contributed by atoms with Crippen LogP contribution in [0.5, 0.6) is 0 Å². The predicted octanol–water partition coefficient (Wildman–Crippen LogP) is 0.101. The Kier molecular flexibility index (Phi) is 4.56. The van der Waals surface area contributed by atoms with Crippen molar-refractivity contribution in [2.75, 3.05) is 52.9 Å². The number of piperazine rings is 1. The Morgan fingerprint density at radius 3 is 2.40 bits per heavy atom. The van der Waals surface area contributed by atoms with Crippen molar-refractivity contribution in [3.8, 4) is 0 Å². The van der Waals surface area contributed by atoms with Crippen LogP contribution in [0.25, 0.3) is 0 Å². The standard InChI is InChI=1S/C14H28N4O2/c1-13(2,3)20-12(19)16-9-14(10-17(4)11-14)18-7-5-15-6-8-18/h15H,5-11H2,1-4H3,(H,16,19). The molecule has 2 heterocycles. The van der Waals surface area contributed by atoms with Gasteiger partial charge in [-0.15, -0.1) is 0 Å². The highest BCUT2D eigenvalue weighted by Gasteiger charge is 2.46. The van der Waals surface area contributed by atoms with Crippen molar-refractivity contribution in [1.82, 2.24) is 20.4 Å². The van der Waals surface area contributed by atoms with E-state index in [0.29, 0.717) is 6.54 Å². The van der Waals surface area contributed by atoms with Crippen LogP contribution in [0.4, 0.5) is 4.79 Å². The summed E-state index contributed by atoms with van der Waals surface area (Å²) in [5, 5.41) is 6.32. The van der Waals surface area contributed by atoms with Crippen molar-refractivity contribution >= 4 is 6.09 Å². The van der Waals surface area contributed by atoms with Gasteiger partial charge in [-0.05, 0) is 27.8 Å². The molecule has 0 saturated carbocycles. The number of carbonyl (C=O) groups is 1. The Labute approximate surface area is 121 Å². The van der Waals surface area contributed by atoms with E-state index >= 15 is 0 Å². The molecule has 6 nitrogen and oxygen atoms in total. The van der Waals surface area contributed by atoms with E-state index in [2.05, 4.69) is 27.5 Å². The summed E-state index contributed by atoms with van der Waals surface area (Å²) in [7, 11) is 2.12. The molecule has 6 heteroatoms. The minimum Gasteiger partial charge on any atom is -0.444 e.